The summed E-state index contributed by atoms with van der Waals surface area (Å²) in [6.07, 6.45) is -2.52. The molecule has 0 aliphatic carbocycles. The predicted octanol–water partition coefficient (Wildman–Crippen LogP) is 2.94. The molecule has 2 nitrogen and oxygen atoms in total. The molecule has 0 aromatic heterocycles. The number of hydrogen-bond acceptors (Lipinski definition) is 2. The summed E-state index contributed by atoms with van der Waals surface area (Å²) >= 11 is 0. The minimum Gasteiger partial charge on any atom is -0.316 e. The number of hydrogen-bond donors (Lipinski definition) is 2. The molecule has 1 heterocycles. The Morgan fingerprint density at radius 1 is 1.33 bits per heavy atom. The summed E-state index contributed by atoms with van der Waals surface area (Å²) in [6, 6.07) is -0.513. The lowest BCUT2D eigenvalue weighted by molar-refractivity contribution is -0.139. The Balaban J connectivity index is 2.36. The van der Waals surface area contributed by atoms with Gasteiger partial charge in [-0.15, -0.1) is 0 Å². The van der Waals surface area contributed by atoms with Crippen LogP contribution in [0.2, 0.25) is 0 Å². The molecule has 1 aliphatic heterocycles. The summed E-state index contributed by atoms with van der Waals surface area (Å²) in [5, 5.41) is 6.39. The third-order valence-corrected chi connectivity index (χ3v) is 3.85. The standard InChI is InChI=1S/C13H25F3N2/c1-10(7-13(14,15)16)18-9-12(2,3)11-5-4-6-17-8-11/h10-11,17-18H,4-9H2,1-3H3. The van der Waals surface area contributed by atoms with Gasteiger partial charge >= 0.3 is 6.18 Å². The summed E-state index contributed by atoms with van der Waals surface area (Å²) in [5.74, 6) is 0.539. The second kappa shape index (κ2) is 6.24. The molecule has 0 radical (unpaired) electrons. The highest BCUT2D eigenvalue weighted by atomic mass is 19.4. The van der Waals surface area contributed by atoms with E-state index in [4.69, 9.17) is 0 Å². The maximum Gasteiger partial charge on any atom is 0.390 e. The highest BCUT2D eigenvalue weighted by Crippen LogP contribution is 2.31. The summed E-state index contributed by atoms with van der Waals surface area (Å²) < 4.78 is 36.7. The smallest absolute Gasteiger partial charge is 0.316 e. The Hall–Kier alpha value is -0.290. The molecular weight excluding hydrogens is 241 g/mol. The first-order valence-corrected chi connectivity index (χ1v) is 6.71. The van der Waals surface area contributed by atoms with Crippen molar-refractivity contribution in [2.24, 2.45) is 11.3 Å². The van der Waals surface area contributed by atoms with Crippen molar-refractivity contribution in [1.29, 1.82) is 0 Å². The topological polar surface area (TPSA) is 24.1 Å². The predicted molar refractivity (Wildman–Crippen MR) is 67.5 cm³/mol. The minimum absolute atomic E-state index is 0.0350. The normalized spacial score (nSPS) is 24.0. The van der Waals surface area contributed by atoms with Crippen LogP contribution in [-0.4, -0.2) is 31.9 Å². The van der Waals surface area contributed by atoms with Gasteiger partial charge in [-0.2, -0.15) is 13.2 Å². The van der Waals surface area contributed by atoms with E-state index < -0.39 is 18.6 Å². The maximum absolute atomic E-state index is 12.2. The lowest BCUT2D eigenvalue weighted by Crippen LogP contribution is -2.45. The summed E-state index contributed by atoms with van der Waals surface area (Å²) in [6.45, 7) is 8.54. The van der Waals surface area contributed by atoms with Gasteiger partial charge in [0, 0.05) is 12.6 Å². The number of halogens is 3. The second-order valence-electron chi connectivity index (χ2n) is 6.13. The molecule has 18 heavy (non-hydrogen) atoms. The molecule has 2 N–H and O–H groups in total. The van der Waals surface area contributed by atoms with Gasteiger partial charge in [-0.3, -0.25) is 0 Å². The molecule has 2 unspecified atom stereocenters. The van der Waals surface area contributed by atoms with E-state index in [2.05, 4.69) is 24.5 Å². The summed E-state index contributed by atoms with van der Waals surface area (Å²) in [5.41, 5.74) is 0.0350. The van der Waals surface area contributed by atoms with E-state index in [0.717, 1.165) is 25.9 Å². The quantitative estimate of drug-likeness (QED) is 0.799. The molecule has 108 valence electrons. The third kappa shape index (κ3) is 5.57. The van der Waals surface area contributed by atoms with Crippen LogP contribution in [-0.2, 0) is 0 Å². The average Bonchev–Trinajstić information content (AvgIpc) is 2.26. The Labute approximate surface area is 108 Å². The number of nitrogens with one attached hydrogen (secondary N) is 2. The largest absolute Gasteiger partial charge is 0.390 e. The van der Waals surface area contributed by atoms with Gasteiger partial charge in [-0.25, -0.2) is 0 Å². The van der Waals surface area contributed by atoms with Crippen molar-refractivity contribution in [3.05, 3.63) is 0 Å². The van der Waals surface area contributed by atoms with E-state index in [1.54, 1.807) is 6.92 Å². The average molecular weight is 266 g/mol. The molecule has 0 bridgehead atoms. The lowest BCUT2D eigenvalue weighted by atomic mass is 9.75. The van der Waals surface area contributed by atoms with Crippen molar-refractivity contribution in [3.8, 4) is 0 Å². The van der Waals surface area contributed by atoms with Gasteiger partial charge < -0.3 is 10.6 Å². The maximum atomic E-state index is 12.2. The SMILES string of the molecule is CC(CC(F)(F)F)NCC(C)(C)C1CCCNC1. The molecule has 0 spiro atoms. The molecule has 0 aromatic rings. The van der Waals surface area contributed by atoms with Crippen LogP contribution in [0, 0.1) is 11.3 Å². The van der Waals surface area contributed by atoms with E-state index >= 15 is 0 Å². The molecule has 0 aromatic carbocycles. The zero-order chi connectivity index (χ0) is 13.8. The monoisotopic (exact) mass is 266 g/mol. The Morgan fingerprint density at radius 2 is 2.00 bits per heavy atom. The number of rotatable bonds is 5. The zero-order valence-electron chi connectivity index (χ0n) is 11.5. The lowest BCUT2D eigenvalue weighted by Gasteiger charge is -2.38. The van der Waals surface area contributed by atoms with Gasteiger partial charge in [0.15, 0.2) is 0 Å². The highest BCUT2D eigenvalue weighted by molar-refractivity contribution is 4.85. The summed E-state index contributed by atoms with van der Waals surface area (Å²) in [4.78, 5) is 0. The first kappa shape index (κ1) is 15.8. The van der Waals surface area contributed by atoms with Crippen molar-refractivity contribution in [3.63, 3.8) is 0 Å². The highest BCUT2D eigenvalue weighted by Gasteiger charge is 2.33. The molecular formula is C13H25F3N2. The summed E-state index contributed by atoms with van der Waals surface area (Å²) in [7, 11) is 0. The Bertz CT molecular complexity index is 245. The van der Waals surface area contributed by atoms with Crippen molar-refractivity contribution in [2.45, 2.75) is 52.3 Å². The van der Waals surface area contributed by atoms with Gasteiger partial charge in [-0.1, -0.05) is 13.8 Å². The Morgan fingerprint density at radius 3 is 2.50 bits per heavy atom. The zero-order valence-corrected chi connectivity index (χ0v) is 11.5. The van der Waals surface area contributed by atoms with Gasteiger partial charge in [-0.05, 0) is 44.2 Å². The molecule has 1 saturated heterocycles. The van der Waals surface area contributed by atoms with E-state index in [-0.39, 0.29) is 5.41 Å². The van der Waals surface area contributed by atoms with Crippen LogP contribution in [0.15, 0.2) is 0 Å². The molecule has 0 saturated carbocycles. The van der Waals surface area contributed by atoms with Crippen LogP contribution in [0.3, 0.4) is 0 Å². The van der Waals surface area contributed by atoms with Crippen LogP contribution in [0.5, 0.6) is 0 Å². The molecule has 0 amide bonds. The molecule has 5 heteroatoms. The Kier molecular flexibility index (Phi) is 5.46. The van der Waals surface area contributed by atoms with E-state index in [1.807, 2.05) is 0 Å². The van der Waals surface area contributed by atoms with Crippen LogP contribution in [0.1, 0.15) is 40.0 Å². The fourth-order valence-corrected chi connectivity index (χ4v) is 2.52. The fraction of sp³-hybridized carbons (Fsp3) is 1.00. The first-order chi connectivity index (χ1) is 8.21. The fourth-order valence-electron chi connectivity index (χ4n) is 2.52. The van der Waals surface area contributed by atoms with Gasteiger partial charge in [0.25, 0.3) is 0 Å². The minimum atomic E-state index is -4.08. The van der Waals surface area contributed by atoms with E-state index in [0.29, 0.717) is 12.5 Å². The van der Waals surface area contributed by atoms with E-state index in [9.17, 15) is 13.2 Å². The van der Waals surface area contributed by atoms with Crippen LogP contribution in [0.4, 0.5) is 13.2 Å². The number of alkyl halides is 3. The third-order valence-electron chi connectivity index (χ3n) is 3.85. The van der Waals surface area contributed by atoms with Gasteiger partial charge in [0.2, 0.25) is 0 Å². The van der Waals surface area contributed by atoms with Gasteiger partial charge in [0.1, 0.15) is 0 Å². The first-order valence-electron chi connectivity index (χ1n) is 6.71. The van der Waals surface area contributed by atoms with Gasteiger partial charge in [0.05, 0.1) is 6.42 Å². The van der Waals surface area contributed by atoms with E-state index in [1.165, 1.54) is 0 Å². The second-order valence-corrected chi connectivity index (χ2v) is 6.13. The van der Waals surface area contributed by atoms with Crippen LogP contribution in [0.25, 0.3) is 0 Å². The van der Waals surface area contributed by atoms with Crippen LogP contribution < -0.4 is 10.6 Å². The van der Waals surface area contributed by atoms with Crippen LogP contribution >= 0.6 is 0 Å². The molecule has 1 aliphatic rings. The van der Waals surface area contributed by atoms with Crippen molar-refractivity contribution in [1.82, 2.24) is 10.6 Å². The van der Waals surface area contributed by atoms with Crippen molar-refractivity contribution >= 4 is 0 Å². The molecule has 1 fully saturated rings. The molecule has 1 rings (SSSR count). The molecule has 2 atom stereocenters. The van der Waals surface area contributed by atoms with Crippen molar-refractivity contribution < 1.29 is 13.2 Å². The number of piperidine rings is 1. The van der Waals surface area contributed by atoms with Crippen molar-refractivity contribution in [2.75, 3.05) is 19.6 Å².